The van der Waals surface area contributed by atoms with E-state index in [1.54, 1.807) is 13.8 Å². The van der Waals surface area contributed by atoms with E-state index in [1.165, 1.54) is 0 Å². The van der Waals surface area contributed by atoms with Crippen LogP contribution < -0.4 is 5.11 Å². The van der Waals surface area contributed by atoms with Crippen LogP contribution in [0, 0.1) is 12.3 Å². The summed E-state index contributed by atoms with van der Waals surface area (Å²) in [4.78, 5) is 10.4. The van der Waals surface area contributed by atoms with Crippen LogP contribution in [0.15, 0.2) is 0 Å². The zero-order valence-corrected chi connectivity index (χ0v) is 8.28. The van der Waals surface area contributed by atoms with Crippen molar-refractivity contribution < 1.29 is 19.4 Å². The molecule has 0 aliphatic carbocycles. The Morgan fingerprint density at radius 2 is 2.29 bits per heavy atom. The highest BCUT2D eigenvalue weighted by Gasteiger charge is 2.34. The molecule has 0 amide bonds. The molecule has 4 heteroatoms. The van der Waals surface area contributed by atoms with Gasteiger partial charge in [-0.15, -0.1) is 6.42 Å². The quantitative estimate of drug-likeness (QED) is 0.569. The molecule has 1 aliphatic rings. The first-order valence-electron chi connectivity index (χ1n) is 4.44. The Bertz CT molecular complexity index is 264. The molecule has 2 atom stereocenters. The van der Waals surface area contributed by atoms with Gasteiger partial charge in [0.2, 0.25) is 0 Å². The van der Waals surface area contributed by atoms with Gasteiger partial charge in [0, 0.05) is 18.8 Å². The topological polar surface area (TPSA) is 58.6 Å². The normalized spacial score (nSPS) is 30.6. The van der Waals surface area contributed by atoms with E-state index >= 15 is 0 Å². The Morgan fingerprint density at radius 1 is 1.64 bits per heavy atom. The third-order valence-electron chi connectivity index (χ3n) is 1.93. The number of carbonyl (C=O) groups is 1. The second-order valence-corrected chi connectivity index (χ2v) is 3.72. The lowest BCUT2D eigenvalue weighted by atomic mass is 10.1. The molecule has 1 saturated heterocycles. The third-order valence-corrected chi connectivity index (χ3v) is 1.93. The lowest BCUT2D eigenvalue weighted by Gasteiger charge is -2.39. The number of hydrogen-bond donors (Lipinski definition) is 0. The van der Waals surface area contributed by atoms with Gasteiger partial charge in [0.25, 0.3) is 0 Å². The highest BCUT2D eigenvalue weighted by Crippen LogP contribution is 2.27. The Kier molecular flexibility index (Phi) is 3.14. The van der Waals surface area contributed by atoms with Crippen molar-refractivity contribution >= 4 is 5.97 Å². The smallest absolute Gasteiger partial charge is 0.164 e. The summed E-state index contributed by atoms with van der Waals surface area (Å²) < 4.78 is 10.7. The third kappa shape index (κ3) is 3.02. The van der Waals surface area contributed by atoms with Crippen LogP contribution in [0.5, 0.6) is 0 Å². The highest BCUT2D eigenvalue weighted by atomic mass is 16.7. The predicted molar refractivity (Wildman–Crippen MR) is 46.9 cm³/mol. The van der Waals surface area contributed by atoms with E-state index in [0.717, 1.165) is 0 Å². The van der Waals surface area contributed by atoms with Gasteiger partial charge in [0.05, 0.1) is 6.10 Å². The fourth-order valence-electron chi connectivity index (χ4n) is 1.52. The summed E-state index contributed by atoms with van der Waals surface area (Å²) in [5.74, 6) is 0.488. The number of terminal acetylenes is 1. The molecule has 4 nitrogen and oxygen atoms in total. The summed E-state index contributed by atoms with van der Waals surface area (Å²) in [6, 6.07) is 0. The lowest BCUT2D eigenvalue weighted by Crippen LogP contribution is -2.45. The van der Waals surface area contributed by atoms with Crippen LogP contribution in [-0.4, -0.2) is 24.0 Å². The van der Waals surface area contributed by atoms with Gasteiger partial charge < -0.3 is 19.4 Å². The molecule has 0 aromatic heterocycles. The van der Waals surface area contributed by atoms with E-state index in [1.807, 2.05) is 0 Å². The van der Waals surface area contributed by atoms with Crippen LogP contribution in [0.2, 0.25) is 0 Å². The molecular weight excluding hydrogens is 184 g/mol. The zero-order chi connectivity index (χ0) is 10.8. The first-order chi connectivity index (χ1) is 6.43. The van der Waals surface area contributed by atoms with Crippen LogP contribution >= 0.6 is 0 Å². The standard InChI is InChI=1S/C10H14O4/c1-4-7-5-8(6-9(11)12)14-10(2,3)13-7/h1,7-8H,5-6H2,2-3H3,(H,11,12)/p-1/t7-,8-/m1/s1. The molecule has 1 aliphatic heterocycles. The van der Waals surface area contributed by atoms with Crippen molar-refractivity contribution in [1.82, 2.24) is 0 Å². The van der Waals surface area contributed by atoms with Crippen LogP contribution in [0.25, 0.3) is 0 Å². The summed E-state index contributed by atoms with van der Waals surface area (Å²) in [6.07, 6.45) is 4.66. The van der Waals surface area contributed by atoms with Crippen LogP contribution in [0.3, 0.4) is 0 Å². The van der Waals surface area contributed by atoms with Crippen molar-refractivity contribution in [2.24, 2.45) is 0 Å². The molecule has 78 valence electrons. The van der Waals surface area contributed by atoms with Crippen molar-refractivity contribution in [3.63, 3.8) is 0 Å². The molecule has 1 fully saturated rings. The SMILES string of the molecule is C#C[C@@H]1C[C@H](CC(=O)[O-])OC(C)(C)O1. The number of carboxylic acid groups (broad SMARTS) is 1. The molecule has 1 heterocycles. The highest BCUT2D eigenvalue weighted by molar-refractivity contribution is 5.64. The van der Waals surface area contributed by atoms with Crippen molar-refractivity contribution in [3.05, 3.63) is 0 Å². The number of aliphatic carboxylic acids is 1. The van der Waals surface area contributed by atoms with E-state index < -0.39 is 17.9 Å². The molecule has 0 saturated carbocycles. The Morgan fingerprint density at radius 3 is 2.79 bits per heavy atom. The van der Waals surface area contributed by atoms with E-state index in [-0.39, 0.29) is 12.5 Å². The first kappa shape index (κ1) is 11.0. The van der Waals surface area contributed by atoms with Gasteiger partial charge in [-0.1, -0.05) is 5.92 Å². The molecular formula is C10H13O4-. The summed E-state index contributed by atoms with van der Waals surface area (Å²) in [6.45, 7) is 3.41. The number of carbonyl (C=O) groups excluding carboxylic acids is 1. The summed E-state index contributed by atoms with van der Waals surface area (Å²) >= 11 is 0. The Balaban J connectivity index is 2.62. The molecule has 1 rings (SSSR count). The van der Waals surface area contributed by atoms with E-state index in [2.05, 4.69) is 5.92 Å². The van der Waals surface area contributed by atoms with Crippen molar-refractivity contribution in [3.8, 4) is 12.3 Å². The molecule has 14 heavy (non-hydrogen) atoms. The number of carboxylic acids is 1. The number of rotatable bonds is 2. The van der Waals surface area contributed by atoms with Gasteiger partial charge in [-0.2, -0.15) is 0 Å². The Hall–Kier alpha value is -1.05. The fourth-order valence-corrected chi connectivity index (χ4v) is 1.52. The lowest BCUT2D eigenvalue weighted by molar-refractivity contribution is -0.319. The minimum absolute atomic E-state index is 0.148. The van der Waals surface area contributed by atoms with E-state index in [4.69, 9.17) is 15.9 Å². The van der Waals surface area contributed by atoms with Gasteiger partial charge in [-0.25, -0.2) is 0 Å². The van der Waals surface area contributed by atoms with Crippen LogP contribution in [-0.2, 0) is 14.3 Å². The van der Waals surface area contributed by atoms with Gasteiger partial charge in [-0.3, -0.25) is 0 Å². The molecule has 0 spiro atoms. The van der Waals surface area contributed by atoms with Gasteiger partial charge in [0.15, 0.2) is 5.79 Å². The van der Waals surface area contributed by atoms with Crippen LogP contribution in [0.1, 0.15) is 26.7 Å². The van der Waals surface area contributed by atoms with E-state index in [9.17, 15) is 9.90 Å². The van der Waals surface area contributed by atoms with Gasteiger partial charge in [-0.05, 0) is 13.8 Å². The minimum Gasteiger partial charge on any atom is -0.550 e. The molecule has 0 aromatic carbocycles. The molecule has 0 bridgehead atoms. The second-order valence-electron chi connectivity index (χ2n) is 3.72. The maximum atomic E-state index is 10.4. The van der Waals surface area contributed by atoms with Crippen molar-refractivity contribution in [1.29, 1.82) is 0 Å². The first-order valence-corrected chi connectivity index (χ1v) is 4.44. The van der Waals surface area contributed by atoms with Crippen LogP contribution in [0.4, 0.5) is 0 Å². The zero-order valence-electron chi connectivity index (χ0n) is 8.28. The fraction of sp³-hybridized carbons (Fsp3) is 0.700. The molecule has 0 unspecified atom stereocenters. The Labute approximate surface area is 83.2 Å². The number of hydrogen-bond acceptors (Lipinski definition) is 4. The van der Waals surface area contributed by atoms with Crippen molar-refractivity contribution in [2.45, 2.75) is 44.7 Å². The molecule has 0 N–H and O–H groups in total. The second kappa shape index (κ2) is 3.99. The predicted octanol–water partition coefficient (Wildman–Crippen LogP) is -0.330. The minimum atomic E-state index is -1.14. The largest absolute Gasteiger partial charge is 0.550 e. The summed E-state index contributed by atoms with van der Waals surface area (Å²) in [5.41, 5.74) is 0. The van der Waals surface area contributed by atoms with E-state index in [0.29, 0.717) is 6.42 Å². The molecule has 0 radical (unpaired) electrons. The average molecular weight is 197 g/mol. The van der Waals surface area contributed by atoms with Crippen molar-refractivity contribution in [2.75, 3.05) is 0 Å². The summed E-state index contributed by atoms with van der Waals surface area (Å²) in [5, 5.41) is 10.4. The summed E-state index contributed by atoms with van der Waals surface area (Å²) in [7, 11) is 0. The number of ether oxygens (including phenoxy) is 2. The molecule has 0 aromatic rings. The monoisotopic (exact) mass is 197 g/mol. The maximum absolute atomic E-state index is 10.4. The van der Waals surface area contributed by atoms with Gasteiger partial charge >= 0.3 is 0 Å². The average Bonchev–Trinajstić information content (AvgIpc) is 1.99. The maximum Gasteiger partial charge on any atom is 0.164 e. The van der Waals surface area contributed by atoms with Gasteiger partial charge in [0.1, 0.15) is 6.10 Å².